The number of carbonyl (C=O) groups is 2. The van der Waals surface area contributed by atoms with Crippen LogP contribution in [0.3, 0.4) is 0 Å². The predicted octanol–water partition coefficient (Wildman–Crippen LogP) is 23.1. The van der Waals surface area contributed by atoms with Crippen molar-refractivity contribution in [1.29, 1.82) is 0 Å². The Balaban J connectivity index is 3.39. The third-order valence-electron chi connectivity index (χ3n) is 16.7. The Morgan fingerprint density at radius 2 is 0.633 bits per heavy atom. The van der Waals surface area contributed by atoms with Gasteiger partial charge in [0.1, 0.15) is 0 Å². The highest BCUT2D eigenvalue weighted by molar-refractivity contribution is 5.76. The van der Waals surface area contributed by atoms with Crippen LogP contribution in [0.2, 0.25) is 0 Å². The van der Waals surface area contributed by atoms with Gasteiger partial charge in [-0.05, 0) is 64.2 Å². The summed E-state index contributed by atoms with van der Waals surface area (Å²) in [6.07, 6.45) is 88.0. The number of unbranched alkanes of at least 4 members (excludes halogenated alkanes) is 52. The van der Waals surface area contributed by atoms with E-state index in [9.17, 15) is 19.8 Å². The number of amides is 1. The maximum Gasteiger partial charge on any atom is 0.305 e. The second kappa shape index (κ2) is 68.6. The lowest BCUT2D eigenvalue weighted by Crippen LogP contribution is -2.45. The van der Waals surface area contributed by atoms with E-state index in [1.165, 1.54) is 321 Å². The van der Waals surface area contributed by atoms with Gasteiger partial charge in [-0.2, -0.15) is 0 Å². The molecule has 0 saturated heterocycles. The molecular formula is C73H139NO5. The molecule has 0 radical (unpaired) electrons. The Labute approximate surface area is 494 Å². The van der Waals surface area contributed by atoms with Crippen LogP contribution in [0.1, 0.15) is 393 Å². The van der Waals surface area contributed by atoms with E-state index in [4.69, 9.17) is 4.74 Å². The molecule has 0 aromatic carbocycles. The molecule has 3 N–H and O–H groups in total. The number of nitrogens with one attached hydrogen (secondary N) is 1. The standard InChI is InChI=1S/C73H139NO5/c1-3-5-7-9-11-13-15-17-18-38-42-45-49-53-57-61-65-71(76)70(69-75)74-72(77)66-62-58-54-50-46-43-39-36-34-32-30-28-26-24-22-20-19-21-23-25-27-29-31-33-35-37-40-44-48-52-56-60-64-68-79-73(78)67-63-59-55-51-47-41-16-14-12-10-8-6-4-2/h23,25,29,31,61,65,70-71,75-76H,3-22,24,26-28,30,32-60,62-64,66-69H2,1-2H3,(H,74,77)/b25-23-,31-29-,65-61+. The van der Waals surface area contributed by atoms with Crippen LogP contribution in [0.15, 0.2) is 36.5 Å². The minimum Gasteiger partial charge on any atom is -0.466 e. The van der Waals surface area contributed by atoms with E-state index >= 15 is 0 Å². The number of hydrogen-bond donors (Lipinski definition) is 3. The van der Waals surface area contributed by atoms with Crippen molar-refractivity contribution in [3.05, 3.63) is 36.5 Å². The van der Waals surface area contributed by atoms with Gasteiger partial charge in [0, 0.05) is 12.8 Å². The van der Waals surface area contributed by atoms with Gasteiger partial charge in [0.25, 0.3) is 0 Å². The van der Waals surface area contributed by atoms with Crippen LogP contribution in [0.25, 0.3) is 0 Å². The molecule has 0 aliphatic carbocycles. The van der Waals surface area contributed by atoms with Crippen molar-refractivity contribution in [2.75, 3.05) is 13.2 Å². The predicted molar refractivity (Wildman–Crippen MR) is 347 cm³/mol. The second-order valence-electron chi connectivity index (χ2n) is 24.6. The van der Waals surface area contributed by atoms with Crippen molar-refractivity contribution >= 4 is 11.9 Å². The number of esters is 1. The van der Waals surface area contributed by atoms with E-state index in [-0.39, 0.29) is 18.5 Å². The number of carbonyl (C=O) groups excluding carboxylic acids is 2. The molecule has 0 aromatic rings. The summed E-state index contributed by atoms with van der Waals surface area (Å²) >= 11 is 0. The van der Waals surface area contributed by atoms with Crippen molar-refractivity contribution in [2.24, 2.45) is 0 Å². The highest BCUT2D eigenvalue weighted by Crippen LogP contribution is 2.18. The van der Waals surface area contributed by atoms with Crippen LogP contribution < -0.4 is 5.32 Å². The molecule has 0 saturated carbocycles. The lowest BCUT2D eigenvalue weighted by Gasteiger charge is -2.20. The average molecular weight is 1110 g/mol. The second-order valence-corrected chi connectivity index (χ2v) is 24.6. The molecular weight excluding hydrogens is 971 g/mol. The fourth-order valence-electron chi connectivity index (χ4n) is 11.2. The van der Waals surface area contributed by atoms with Crippen LogP contribution in [0.5, 0.6) is 0 Å². The third kappa shape index (κ3) is 65.1. The van der Waals surface area contributed by atoms with Gasteiger partial charge in [0.15, 0.2) is 0 Å². The highest BCUT2D eigenvalue weighted by Gasteiger charge is 2.18. The third-order valence-corrected chi connectivity index (χ3v) is 16.7. The molecule has 0 heterocycles. The SMILES string of the molecule is CCCCCCCCCCCCCCCC/C=C/C(O)C(CO)NC(=O)CCCCCCCCCCCCCCCCCCC/C=C\C/C=C\CCCCCCCCCCCOC(=O)CCCCCCCCCCCCCCC. The number of allylic oxidation sites excluding steroid dienone is 5. The lowest BCUT2D eigenvalue weighted by molar-refractivity contribution is -0.143. The Bertz CT molecular complexity index is 1280. The molecule has 466 valence electrons. The molecule has 0 aliphatic rings. The molecule has 1 amide bonds. The average Bonchev–Trinajstić information content (AvgIpc) is 3.45. The zero-order valence-electron chi connectivity index (χ0n) is 53.4. The summed E-state index contributed by atoms with van der Waals surface area (Å²) in [5.74, 6) is -0.0477. The monoisotopic (exact) mass is 1110 g/mol. The normalized spacial score (nSPS) is 12.7. The molecule has 2 atom stereocenters. The fourth-order valence-corrected chi connectivity index (χ4v) is 11.2. The minimum absolute atomic E-state index is 0.0158. The first-order chi connectivity index (χ1) is 39.0. The molecule has 79 heavy (non-hydrogen) atoms. The highest BCUT2D eigenvalue weighted by atomic mass is 16.5. The molecule has 0 spiro atoms. The lowest BCUT2D eigenvalue weighted by atomic mass is 10.0. The zero-order valence-corrected chi connectivity index (χ0v) is 53.4. The number of ether oxygens (including phenoxy) is 1. The Kier molecular flexibility index (Phi) is 66.9. The first-order valence-corrected chi connectivity index (χ1v) is 35.8. The van der Waals surface area contributed by atoms with Crippen molar-refractivity contribution in [2.45, 2.75) is 405 Å². The van der Waals surface area contributed by atoms with E-state index in [0.29, 0.717) is 19.4 Å². The van der Waals surface area contributed by atoms with Crippen LogP contribution in [-0.4, -0.2) is 47.4 Å². The Morgan fingerprint density at radius 1 is 0.354 bits per heavy atom. The summed E-state index contributed by atoms with van der Waals surface area (Å²) in [6, 6.07) is -0.626. The van der Waals surface area contributed by atoms with Gasteiger partial charge in [-0.25, -0.2) is 0 Å². The number of rotatable bonds is 67. The van der Waals surface area contributed by atoms with E-state index in [1.807, 2.05) is 6.08 Å². The molecule has 0 rings (SSSR count). The van der Waals surface area contributed by atoms with Crippen molar-refractivity contribution in [3.63, 3.8) is 0 Å². The van der Waals surface area contributed by atoms with E-state index in [1.54, 1.807) is 6.08 Å². The first-order valence-electron chi connectivity index (χ1n) is 35.8. The summed E-state index contributed by atoms with van der Waals surface area (Å²) in [5, 5.41) is 23.2. The van der Waals surface area contributed by atoms with Gasteiger partial charge in [0.2, 0.25) is 5.91 Å². The maximum absolute atomic E-state index is 12.5. The van der Waals surface area contributed by atoms with Gasteiger partial charge in [-0.1, -0.05) is 352 Å². The summed E-state index contributed by atoms with van der Waals surface area (Å²) < 4.78 is 5.48. The Hall–Kier alpha value is -1.92. The van der Waals surface area contributed by atoms with Gasteiger partial charge in [0.05, 0.1) is 25.4 Å². The number of hydrogen-bond acceptors (Lipinski definition) is 5. The molecule has 6 heteroatoms. The summed E-state index contributed by atoms with van der Waals surface area (Å²) in [4.78, 5) is 24.5. The van der Waals surface area contributed by atoms with Gasteiger partial charge in [-0.15, -0.1) is 0 Å². The number of aliphatic hydroxyl groups is 2. The van der Waals surface area contributed by atoms with Crippen molar-refractivity contribution < 1.29 is 24.5 Å². The first kappa shape index (κ1) is 77.1. The molecule has 2 unspecified atom stereocenters. The molecule has 0 aromatic heterocycles. The van der Waals surface area contributed by atoms with Gasteiger partial charge >= 0.3 is 5.97 Å². The summed E-state index contributed by atoms with van der Waals surface area (Å²) in [7, 11) is 0. The minimum atomic E-state index is -0.843. The maximum atomic E-state index is 12.5. The van der Waals surface area contributed by atoms with E-state index in [0.717, 1.165) is 44.9 Å². The van der Waals surface area contributed by atoms with Crippen molar-refractivity contribution in [3.8, 4) is 0 Å². The molecule has 6 nitrogen and oxygen atoms in total. The molecule has 0 fully saturated rings. The molecule has 0 aliphatic heterocycles. The zero-order chi connectivity index (χ0) is 57.1. The van der Waals surface area contributed by atoms with Gasteiger partial charge < -0.3 is 20.3 Å². The summed E-state index contributed by atoms with van der Waals surface area (Å²) in [6.45, 7) is 4.93. The summed E-state index contributed by atoms with van der Waals surface area (Å²) in [5.41, 5.74) is 0. The van der Waals surface area contributed by atoms with Crippen LogP contribution >= 0.6 is 0 Å². The smallest absolute Gasteiger partial charge is 0.305 e. The van der Waals surface area contributed by atoms with Crippen molar-refractivity contribution in [1.82, 2.24) is 5.32 Å². The van der Waals surface area contributed by atoms with Gasteiger partial charge in [-0.3, -0.25) is 9.59 Å². The topological polar surface area (TPSA) is 95.9 Å². The quantitative estimate of drug-likeness (QED) is 0.0320. The number of aliphatic hydroxyl groups excluding tert-OH is 2. The van der Waals surface area contributed by atoms with Crippen LogP contribution in [0.4, 0.5) is 0 Å². The van der Waals surface area contributed by atoms with E-state index < -0.39 is 12.1 Å². The van der Waals surface area contributed by atoms with Crippen LogP contribution in [-0.2, 0) is 14.3 Å². The fraction of sp³-hybridized carbons (Fsp3) is 0.890. The van der Waals surface area contributed by atoms with Crippen LogP contribution in [0, 0.1) is 0 Å². The Morgan fingerprint density at radius 3 is 0.962 bits per heavy atom. The van der Waals surface area contributed by atoms with E-state index in [2.05, 4.69) is 43.5 Å². The molecule has 0 bridgehead atoms. The largest absolute Gasteiger partial charge is 0.466 e.